The van der Waals surface area contributed by atoms with E-state index < -0.39 is 12.2 Å². The molecular weight excluding hydrogens is 257 g/mol. The highest BCUT2D eigenvalue weighted by atomic mass is 79.9. The molecule has 0 fully saturated rings. The molecule has 0 amide bonds. The first-order chi connectivity index (χ1) is 6.15. The molecule has 1 heterocycles. The Kier molecular flexibility index (Phi) is 4.12. The number of halogens is 2. The van der Waals surface area contributed by atoms with E-state index in [9.17, 15) is 10.2 Å². The molecule has 0 radical (unpaired) electrons. The first-order valence-corrected chi connectivity index (χ1v) is 5.19. The second-order valence-corrected chi connectivity index (χ2v) is 3.59. The minimum absolute atomic E-state index is 0.294. The zero-order valence-corrected chi connectivity index (χ0v) is 9.03. The van der Waals surface area contributed by atoms with Crippen LogP contribution in [0.25, 0.3) is 0 Å². The zero-order chi connectivity index (χ0) is 9.84. The number of aliphatic hydroxyl groups is 2. The molecule has 1 rings (SSSR count). The number of alkyl halides is 1. The third kappa shape index (κ3) is 2.91. The SMILES string of the molecule is OC(CBr)C(O)c1cccc(Cl)n1. The normalized spacial score (nSPS) is 15.4. The highest BCUT2D eigenvalue weighted by Gasteiger charge is 2.18. The Labute approximate surface area is 89.5 Å². The quantitative estimate of drug-likeness (QED) is 0.644. The second kappa shape index (κ2) is 4.91. The summed E-state index contributed by atoms with van der Waals surface area (Å²) < 4.78 is 0. The molecule has 3 nitrogen and oxygen atoms in total. The Morgan fingerprint density at radius 3 is 2.69 bits per heavy atom. The van der Waals surface area contributed by atoms with Crippen molar-refractivity contribution in [3.8, 4) is 0 Å². The van der Waals surface area contributed by atoms with E-state index in [-0.39, 0.29) is 0 Å². The summed E-state index contributed by atoms with van der Waals surface area (Å²) in [7, 11) is 0. The number of aromatic nitrogens is 1. The third-order valence-corrected chi connectivity index (χ3v) is 2.44. The Morgan fingerprint density at radius 1 is 1.46 bits per heavy atom. The van der Waals surface area contributed by atoms with Gasteiger partial charge in [0.25, 0.3) is 0 Å². The molecule has 2 unspecified atom stereocenters. The predicted octanol–water partition coefficient (Wildman–Crippen LogP) is 1.52. The molecule has 1 aromatic rings. The number of rotatable bonds is 3. The third-order valence-electron chi connectivity index (χ3n) is 1.56. The summed E-state index contributed by atoms with van der Waals surface area (Å²) in [6, 6.07) is 4.90. The molecule has 0 aromatic carbocycles. The molecule has 0 bridgehead atoms. The van der Waals surface area contributed by atoms with Crippen molar-refractivity contribution in [1.29, 1.82) is 0 Å². The Morgan fingerprint density at radius 2 is 2.15 bits per heavy atom. The van der Waals surface area contributed by atoms with Crippen LogP contribution in [-0.2, 0) is 0 Å². The number of hydrogen-bond acceptors (Lipinski definition) is 3. The molecule has 0 aliphatic heterocycles. The fourth-order valence-electron chi connectivity index (χ4n) is 0.870. The van der Waals surface area contributed by atoms with E-state index in [0.29, 0.717) is 16.2 Å². The van der Waals surface area contributed by atoms with Gasteiger partial charge in [-0.25, -0.2) is 4.98 Å². The monoisotopic (exact) mass is 265 g/mol. The van der Waals surface area contributed by atoms with Gasteiger partial charge >= 0.3 is 0 Å². The first-order valence-electron chi connectivity index (χ1n) is 3.69. The summed E-state index contributed by atoms with van der Waals surface area (Å²) in [4.78, 5) is 3.88. The molecule has 0 saturated heterocycles. The van der Waals surface area contributed by atoms with Gasteiger partial charge in [-0.1, -0.05) is 33.6 Å². The zero-order valence-electron chi connectivity index (χ0n) is 6.69. The fraction of sp³-hybridized carbons (Fsp3) is 0.375. The van der Waals surface area contributed by atoms with Crippen molar-refractivity contribution in [2.75, 3.05) is 5.33 Å². The van der Waals surface area contributed by atoms with Gasteiger partial charge in [0.15, 0.2) is 0 Å². The van der Waals surface area contributed by atoms with Crippen LogP contribution in [0.15, 0.2) is 18.2 Å². The lowest BCUT2D eigenvalue weighted by Crippen LogP contribution is -2.20. The minimum Gasteiger partial charge on any atom is -0.389 e. The van der Waals surface area contributed by atoms with Crippen molar-refractivity contribution in [3.63, 3.8) is 0 Å². The van der Waals surface area contributed by atoms with Gasteiger partial charge in [-0.05, 0) is 12.1 Å². The van der Waals surface area contributed by atoms with E-state index in [1.807, 2.05) is 0 Å². The molecular formula is C8H9BrClNO2. The van der Waals surface area contributed by atoms with E-state index in [2.05, 4.69) is 20.9 Å². The van der Waals surface area contributed by atoms with Crippen LogP contribution in [0.2, 0.25) is 5.15 Å². The van der Waals surface area contributed by atoms with Gasteiger partial charge in [-0.15, -0.1) is 0 Å². The highest BCUT2D eigenvalue weighted by Crippen LogP contribution is 2.17. The van der Waals surface area contributed by atoms with Gasteiger partial charge in [-0.3, -0.25) is 0 Å². The Balaban J connectivity index is 2.82. The second-order valence-electron chi connectivity index (χ2n) is 2.55. The average Bonchev–Trinajstić information content (AvgIpc) is 2.15. The van der Waals surface area contributed by atoms with Crippen molar-refractivity contribution < 1.29 is 10.2 Å². The Hall–Kier alpha value is -0.160. The molecule has 0 aliphatic carbocycles. The van der Waals surface area contributed by atoms with E-state index in [0.717, 1.165) is 0 Å². The van der Waals surface area contributed by atoms with Gasteiger partial charge in [-0.2, -0.15) is 0 Å². The molecule has 72 valence electrons. The number of aliphatic hydroxyl groups excluding tert-OH is 2. The summed E-state index contributed by atoms with van der Waals surface area (Å²) in [5.74, 6) is 0. The summed E-state index contributed by atoms with van der Waals surface area (Å²) in [5.41, 5.74) is 0.374. The van der Waals surface area contributed by atoms with Gasteiger partial charge in [0.05, 0.1) is 11.8 Å². The van der Waals surface area contributed by atoms with Crippen LogP contribution >= 0.6 is 27.5 Å². The highest BCUT2D eigenvalue weighted by molar-refractivity contribution is 9.09. The number of hydrogen-bond donors (Lipinski definition) is 2. The molecule has 0 spiro atoms. The first kappa shape index (κ1) is 10.9. The topological polar surface area (TPSA) is 53.4 Å². The van der Waals surface area contributed by atoms with Gasteiger partial charge in [0, 0.05) is 5.33 Å². The molecule has 13 heavy (non-hydrogen) atoms. The maximum Gasteiger partial charge on any atom is 0.129 e. The number of pyridine rings is 1. The molecule has 0 aliphatic rings. The molecule has 1 aromatic heterocycles. The van der Waals surface area contributed by atoms with Crippen LogP contribution in [0.4, 0.5) is 0 Å². The Bertz CT molecular complexity index is 285. The summed E-state index contributed by atoms with van der Waals surface area (Å²) in [5, 5.41) is 19.4. The summed E-state index contributed by atoms with van der Waals surface area (Å²) in [6.45, 7) is 0. The van der Waals surface area contributed by atoms with Gasteiger partial charge < -0.3 is 10.2 Å². The standard InChI is InChI=1S/C8H9BrClNO2/c9-4-6(12)8(13)5-2-1-3-7(10)11-5/h1-3,6,8,12-13H,4H2. The average molecular weight is 267 g/mol. The smallest absolute Gasteiger partial charge is 0.129 e. The van der Waals surface area contributed by atoms with E-state index in [4.69, 9.17) is 11.6 Å². The lowest BCUT2D eigenvalue weighted by Gasteiger charge is -2.14. The lowest BCUT2D eigenvalue weighted by atomic mass is 10.1. The maximum atomic E-state index is 9.51. The molecule has 5 heteroatoms. The molecule has 2 atom stereocenters. The van der Waals surface area contributed by atoms with Crippen LogP contribution in [0.5, 0.6) is 0 Å². The van der Waals surface area contributed by atoms with Crippen LogP contribution in [0.1, 0.15) is 11.8 Å². The van der Waals surface area contributed by atoms with Crippen molar-refractivity contribution >= 4 is 27.5 Å². The fourth-order valence-corrected chi connectivity index (χ4v) is 1.39. The van der Waals surface area contributed by atoms with Crippen molar-refractivity contribution in [1.82, 2.24) is 4.98 Å². The van der Waals surface area contributed by atoms with Crippen molar-refractivity contribution in [2.24, 2.45) is 0 Å². The van der Waals surface area contributed by atoms with E-state index >= 15 is 0 Å². The minimum atomic E-state index is -1.00. The van der Waals surface area contributed by atoms with Crippen molar-refractivity contribution in [3.05, 3.63) is 29.0 Å². The van der Waals surface area contributed by atoms with Gasteiger partial charge in [0.2, 0.25) is 0 Å². The molecule has 2 N–H and O–H groups in total. The largest absolute Gasteiger partial charge is 0.389 e. The summed E-state index contributed by atoms with van der Waals surface area (Å²) >= 11 is 8.68. The van der Waals surface area contributed by atoms with Gasteiger partial charge in [0.1, 0.15) is 11.3 Å². The van der Waals surface area contributed by atoms with Crippen LogP contribution in [-0.4, -0.2) is 26.6 Å². The predicted molar refractivity (Wildman–Crippen MR) is 54.0 cm³/mol. The van der Waals surface area contributed by atoms with Crippen molar-refractivity contribution in [2.45, 2.75) is 12.2 Å². The maximum absolute atomic E-state index is 9.51. The van der Waals surface area contributed by atoms with E-state index in [1.165, 1.54) is 0 Å². The van der Waals surface area contributed by atoms with Crippen LogP contribution in [0.3, 0.4) is 0 Å². The van der Waals surface area contributed by atoms with Crippen LogP contribution in [0, 0.1) is 0 Å². The number of nitrogens with zero attached hydrogens (tertiary/aromatic N) is 1. The lowest BCUT2D eigenvalue weighted by molar-refractivity contribution is 0.0315. The van der Waals surface area contributed by atoms with Crippen LogP contribution < -0.4 is 0 Å². The molecule has 0 saturated carbocycles. The van der Waals surface area contributed by atoms with E-state index in [1.54, 1.807) is 18.2 Å². The summed E-state index contributed by atoms with van der Waals surface area (Å²) in [6.07, 6.45) is -1.87.